The first-order chi connectivity index (χ1) is 15.2. The van der Waals surface area contributed by atoms with Gasteiger partial charge in [-0.1, -0.05) is 75.9 Å². The lowest BCUT2D eigenvalue weighted by molar-refractivity contribution is 0.133. The van der Waals surface area contributed by atoms with E-state index in [4.69, 9.17) is 0 Å². The Morgan fingerprint density at radius 3 is 2.12 bits per heavy atom. The molecular formula is C29H42N2O. The minimum Gasteiger partial charge on any atom is -0.394 e. The van der Waals surface area contributed by atoms with Crippen molar-refractivity contribution in [3.63, 3.8) is 0 Å². The maximum atomic E-state index is 9.20. The van der Waals surface area contributed by atoms with Gasteiger partial charge in [0.1, 0.15) is 0 Å². The summed E-state index contributed by atoms with van der Waals surface area (Å²) in [6, 6.07) is 17.6. The van der Waals surface area contributed by atoms with E-state index in [1.165, 1.54) is 62.0 Å². The second kappa shape index (κ2) is 11.2. The number of rotatable bonds is 9. The lowest BCUT2D eigenvalue weighted by Crippen LogP contribution is -2.39. The number of hydrogen-bond donors (Lipinski definition) is 2. The molecule has 2 aromatic carbocycles. The van der Waals surface area contributed by atoms with Crippen LogP contribution in [-0.2, 0) is 6.42 Å². The van der Waals surface area contributed by atoms with Gasteiger partial charge in [-0.05, 0) is 79.3 Å². The molecule has 3 rings (SSSR count). The molecule has 174 valence electrons. The molecule has 0 aromatic heterocycles. The summed E-state index contributed by atoms with van der Waals surface area (Å²) in [6.07, 6.45) is 5.17. The molecule has 0 amide bonds. The number of nitrogens with one attached hydrogen (secondary N) is 1. The van der Waals surface area contributed by atoms with Crippen molar-refractivity contribution in [2.24, 2.45) is 11.3 Å². The topological polar surface area (TPSA) is 35.5 Å². The van der Waals surface area contributed by atoms with Crippen LogP contribution < -0.4 is 5.32 Å². The number of piperidine rings is 1. The van der Waals surface area contributed by atoms with Crippen molar-refractivity contribution >= 4 is 5.70 Å². The molecule has 32 heavy (non-hydrogen) atoms. The van der Waals surface area contributed by atoms with Crippen LogP contribution in [-0.4, -0.2) is 42.3 Å². The Labute approximate surface area is 195 Å². The van der Waals surface area contributed by atoms with Crippen molar-refractivity contribution in [2.75, 3.05) is 26.2 Å². The van der Waals surface area contributed by atoms with E-state index in [9.17, 15) is 5.11 Å². The van der Waals surface area contributed by atoms with Crippen LogP contribution in [0, 0.1) is 11.3 Å². The maximum Gasteiger partial charge on any atom is 0.0630 e. The highest BCUT2D eigenvalue weighted by molar-refractivity contribution is 5.69. The van der Waals surface area contributed by atoms with Crippen molar-refractivity contribution in [3.05, 3.63) is 66.2 Å². The first kappa shape index (κ1) is 24.5. The molecule has 3 nitrogen and oxygen atoms in total. The number of likely N-dealkylation sites (tertiary alicyclic amines) is 1. The molecule has 1 atom stereocenters. The molecular weight excluding hydrogens is 392 g/mol. The Balaban J connectivity index is 1.48. The Morgan fingerprint density at radius 1 is 1.03 bits per heavy atom. The Kier molecular flexibility index (Phi) is 8.56. The van der Waals surface area contributed by atoms with Crippen LogP contribution in [0.3, 0.4) is 0 Å². The lowest BCUT2D eigenvalue weighted by Gasteiger charge is -2.36. The molecule has 0 saturated carbocycles. The van der Waals surface area contributed by atoms with E-state index >= 15 is 0 Å². The predicted octanol–water partition coefficient (Wildman–Crippen LogP) is 5.99. The standard InChI is InChI=1S/C29H42N2O/c1-22(20-32)30-23(2)26-12-14-28(15-13-26)27-10-8-24(9-11-27)6-7-25-16-18-31(19-17-25)21-29(3,4)5/h8-15,22,25,30,32H,2,6-7,16-21H2,1,3-5H3. The largest absolute Gasteiger partial charge is 0.394 e. The van der Waals surface area contributed by atoms with Gasteiger partial charge in [-0.3, -0.25) is 0 Å². The molecule has 1 fully saturated rings. The molecule has 1 heterocycles. The third kappa shape index (κ3) is 7.50. The molecule has 0 bridgehead atoms. The summed E-state index contributed by atoms with van der Waals surface area (Å²) in [5.41, 5.74) is 6.21. The number of nitrogens with zero attached hydrogens (tertiary/aromatic N) is 1. The third-order valence-electron chi connectivity index (χ3n) is 6.46. The highest BCUT2D eigenvalue weighted by atomic mass is 16.3. The van der Waals surface area contributed by atoms with Gasteiger partial charge in [-0.2, -0.15) is 0 Å². The average Bonchev–Trinajstić information content (AvgIpc) is 2.78. The smallest absolute Gasteiger partial charge is 0.0630 e. The van der Waals surface area contributed by atoms with Gasteiger partial charge in [0.05, 0.1) is 6.61 Å². The maximum absolute atomic E-state index is 9.20. The first-order valence-corrected chi connectivity index (χ1v) is 12.2. The Hall–Kier alpha value is -2.10. The summed E-state index contributed by atoms with van der Waals surface area (Å²) < 4.78 is 0. The molecule has 0 spiro atoms. The van der Waals surface area contributed by atoms with Crippen molar-refractivity contribution < 1.29 is 5.11 Å². The van der Waals surface area contributed by atoms with Crippen molar-refractivity contribution in [1.29, 1.82) is 0 Å². The summed E-state index contributed by atoms with van der Waals surface area (Å²) >= 11 is 0. The van der Waals surface area contributed by atoms with Gasteiger partial charge in [0.15, 0.2) is 0 Å². The van der Waals surface area contributed by atoms with E-state index in [2.05, 4.69) is 86.1 Å². The predicted molar refractivity (Wildman–Crippen MR) is 138 cm³/mol. The van der Waals surface area contributed by atoms with Crippen molar-refractivity contribution in [2.45, 2.75) is 59.4 Å². The normalized spacial score (nSPS) is 16.7. The summed E-state index contributed by atoms with van der Waals surface area (Å²) in [6.45, 7) is 16.9. The van der Waals surface area contributed by atoms with E-state index in [1.807, 2.05) is 6.92 Å². The summed E-state index contributed by atoms with van der Waals surface area (Å²) in [5.74, 6) is 0.869. The van der Waals surface area contributed by atoms with E-state index < -0.39 is 0 Å². The van der Waals surface area contributed by atoms with Crippen LogP contribution in [0.15, 0.2) is 55.1 Å². The van der Waals surface area contributed by atoms with Gasteiger partial charge in [-0.25, -0.2) is 0 Å². The summed E-state index contributed by atoms with van der Waals surface area (Å²) in [7, 11) is 0. The fourth-order valence-corrected chi connectivity index (χ4v) is 4.63. The molecule has 2 N–H and O–H groups in total. The number of aliphatic hydroxyl groups is 1. The van der Waals surface area contributed by atoms with Crippen LogP contribution in [0.4, 0.5) is 0 Å². The van der Waals surface area contributed by atoms with Gasteiger partial charge in [-0.15, -0.1) is 0 Å². The van der Waals surface area contributed by atoms with Gasteiger partial charge in [0, 0.05) is 18.3 Å². The van der Waals surface area contributed by atoms with Crippen molar-refractivity contribution in [3.8, 4) is 11.1 Å². The molecule has 0 aliphatic carbocycles. The van der Waals surface area contributed by atoms with E-state index in [-0.39, 0.29) is 12.6 Å². The zero-order valence-corrected chi connectivity index (χ0v) is 20.5. The van der Waals surface area contributed by atoms with Crippen molar-refractivity contribution in [1.82, 2.24) is 10.2 Å². The van der Waals surface area contributed by atoms with Crippen LogP contribution in [0.1, 0.15) is 58.1 Å². The molecule has 0 radical (unpaired) electrons. The zero-order chi connectivity index (χ0) is 23.1. The van der Waals surface area contributed by atoms with Gasteiger partial charge in [0.25, 0.3) is 0 Å². The van der Waals surface area contributed by atoms with E-state index in [1.54, 1.807) is 0 Å². The highest BCUT2D eigenvalue weighted by Gasteiger charge is 2.22. The number of hydrogen-bond acceptors (Lipinski definition) is 3. The van der Waals surface area contributed by atoms with Gasteiger partial charge < -0.3 is 15.3 Å². The average molecular weight is 435 g/mol. The van der Waals surface area contributed by atoms with Gasteiger partial charge in [0.2, 0.25) is 0 Å². The molecule has 1 aliphatic rings. The van der Waals surface area contributed by atoms with Crippen LogP contribution in [0.5, 0.6) is 0 Å². The van der Waals surface area contributed by atoms with Crippen LogP contribution in [0.25, 0.3) is 16.8 Å². The second-order valence-corrected chi connectivity index (χ2v) is 10.8. The quantitative estimate of drug-likeness (QED) is 0.509. The molecule has 3 heteroatoms. The van der Waals surface area contributed by atoms with E-state index in [0.29, 0.717) is 5.41 Å². The summed E-state index contributed by atoms with van der Waals surface area (Å²) in [4.78, 5) is 2.65. The number of aryl methyl sites for hydroxylation is 1. The Morgan fingerprint density at radius 2 is 1.59 bits per heavy atom. The number of aliphatic hydroxyl groups excluding tert-OH is 1. The molecule has 1 unspecified atom stereocenters. The monoisotopic (exact) mass is 434 g/mol. The fourth-order valence-electron chi connectivity index (χ4n) is 4.63. The SMILES string of the molecule is C=C(NC(C)CO)c1ccc(-c2ccc(CCC3CCN(CC(C)(C)C)CC3)cc2)cc1. The summed E-state index contributed by atoms with van der Waals surface area (Å²) in [5, 5.41) is 12.4. The third-order valence-corrected chi connectivity index (χ3v) is 6.46. The minimum absolute atomic E-state index is 0.00533. The first-order valence-electron chi connectivity index (χ1n) is 12.2. The minimum atomic E-state index is 0.00533. The molecule has 1 saturated heterocycles. The Bertz CT molecular complexity index is 840. The number of benzene rings is 2. The molecule has 1 aliphatic heterocycles. The van der Waals surface area contributed by atoms with Gasteiger partial charge >= 0.3 is 0 Å². The van der Waals surface area contributed by atoms with E-state index in [0.717, 1.165) is 17.2 Å². The lowest BCUT2D eigenvalue weighted by atomic mass is 9.88. The second-order valence-electron chi connectivity index (χ2n) is 10.8. The zero-order valence-electron chi connectivity index (χ0n) is 20.5. The highest BCUT2D eigenvalue weighted by Crippen LogP contribution is 2.26. The van der Waals surface area contributed by atoms with Crippen LogP contribution in [0.2, 0.25) is 0 Å². The fraction of sp³-hybridized carbons (Fsp3) is 0.517. The van der Waals surface area contributed by atoms with Crippen LogP contribution >= 0.6 is 0 Å². The molecule has 2 aromatic rings.